The molecule has 2 fully saturated rings. The minimum Gasteiger partial charge on any atom is -0.308 e. The molecule has 4 heteroatoms. The summed E-state index contributed by atoms with van der Waals surface area (Å²) in [6.07, 6.45) is 8.00. The van der Waals surface area contributed by atoms with E-state index in [1.54, 1.807) is 0 Å². The van der Waals surface area contributed by atoms with Crippen molar-refractivity contribution in [2.75, 3.05) is 13.1 Å². The Morgan fingerprint density at radius 2 is 1.95 bits per heavy atom. The van der Waals surface area contributed by atoms with E-state index >= 15 is 0 Å². The van der Waals surface area contributed by atoms with Gasteiger partial charge in [-0.3, -0.25) is 4.90 Å². The minimum atomic E-state index is 0.322. The molecule has 1 N–H and O–H groups in total. The van der Waals surface area contributed by atoms with Gasteiger partial charge in [0.1, 0.15) is 0 Å². The van der Waals surface area contributed by atoms with Crippen molar-refractivity contribution in [1.29, 1.82) is 0 Å². The third-order valence-electron chi connectivity index (χ3n) is 5.82. The smallest absolute Gasteiger partial charge is 0.0701 e. The highest BCUT2D eigenvalue weighted by Gasteiger charge is 2.47. The molecule has 1 spiro atoms. The SMILES string of the molecule is CCC1(CC)CN(Cc2ccc(Br)s2)C2(CCCC2)CN1. The number of piperazine rings is 1. The summed E-state index contributed by atoms with van der Waals surface area (Å²) in [5.74, 6) is 0. The summed E-state index contributed by atoms with van der Waals surface area (Å²) >= 11 is 5.50. The molecule has 2 aliphatic rings. The topological polar surface area (TPSA) is 15.3 Å². The molecule has 1 aliphatic carbocycles. The van der Waals surface area contributed by atoms with Gasteiger partial charge in [-0.2, -0.15) is 0 Å². The third kappa shape index (κ3) is 3.10. The monoisotopic (exact) mass is 370 g/mol. The van der Waals surface area contributed by atoms with Crippen LogP contribution < -0.4 is 5.32 Å². The third-order valence-corrected chi connectivity index (χ3v) is 7.43. The Morgan fingerprint density at radius 3 is 2.52 bits per heavy atom. The zero-order valence-corrected chi connectivity index (χ0v) is 15.7. The first-order valence-corrected chi connectivity index (χ1v) is 9.97. The fourth-order valence-corrected chi connectivity index (χ4v) is 5.65. The van der Waals surface area contributed by atoms with Gasteiger partial charge in [0.2, 0.25) is 0 Å². The van der Waals surface area contributed by atoms with E-state index in [-0.39, 0.29) is 0 Å². The van der Waals surface area contributed by atoms with Crippen molar-refractivity contribution in [3.05, 3.63) is 20.8 Å². The second-order valence-corrected chi connectivity index (χ2v) is 9.38. The summed E-state index contributed by atoms with van der Waals surface area (Å²) in [7, 11) is 0. The van der Waals surface area contributed by atoms with E-state index in [4.69, 9.17) is 0 Å². The number of rotatable bonds is 4. The van der Waals surface area contributed by atoms with Gasteiger partial charge >= 0.3 is 0 Å². The van der Waals surface area contributed by atoms with E-state index < -0.39 is 0 Å². The molecule has 0 unspecified atom stereocenters. The molecule has 0 amide bonds. The molecule has 3 rings (SSSR count). The molecule has 0 atom stereocenters. The summed E-state index contributed by atoms with van der Waals surface area (Å²) < 4.78 is 1.25. The van der Waals surface area contributed by atoms with Gasteiger partial charge < -0.3 is 5.32 Å². The van der Waals surface area contributed by atoms with E-state index in [0.717, 1.165) is 6.54 Å². The normalized spacial score (nSPS) is 24.7. The average Bonchev–Trinajstić information content (AvgIpc) is 3.12. The van der Waals surface area contributed by atoms with Crippen LogP contribution in [0.3, 0.4) is 0 Å². The quantitative estimate of drug-likeness (QED) is 0.819. The number of nitrogens with one attached hydrogen (secondary N) is 1. The summed E-state index contributed by atoms with van der Waals surface area (Å²) in [5.41, 5.74) is 0.743. The van der Waals surface area contributed by atoms with Crippen LogP contribution in [-0.2, 0) is 6.54 Å². The molecule has 0 bridgehead atoms. The van der Waals surface area contributed by atoms with Gasteiger partial charge in [0.05, 0.1) is 3.79 Å². The zero-order valence-electron chi connectivity index (χ0n) is 13.3. The van der Waals surface area contributed by atoms with Crippen LogP contribution in [0.5, 0.6) is 0 Å². The van der Waals surface area contributed by atoms with Gasteiger partial charge in [0.15, 0.2) is 0 Å². The first-order valence-electron chi connectivity index (χ1n) is 8.36. The van der Waals surface area contributed by atoms with E-state index in [2.05, 4.69) is 52.1 Å². The van der Waals surface area contributed by atoms with Crippen LogP contribution in [0.4, 0.5) is 0 Å². The first kappa shape index (κ1) is 16.0. The van der Waals surface area contributed by atoms with E-state index in [0.29, 0.717) is 11.1 Å². The maximum atomic E-state index is 3.94. The molecule has 21 heavy (non-hydrogen) atoms. The molecular formula is C17H27BrN2S. The van der Waals surface area contributed by atoms with Crippen LogP contribution in [0.2, 0.25) is 0 Å². The maximum absolute atomic E-state index is 3.94. The molecule has 0 aromatic carbocycles. The van der Waals surface area contributed by atoms with Gasteiger partial charge in [-0.05, 0) is 53.7 Å². The first-order chi connectivity index (χ1) is 10.1. The van der Waals surface area contributed by atoms with Crippen molar-refractivity contribution < 1.29 is 0 Å². The van der Waals surface area contributed by atoms with Gasteiger partial charge in [0, 0.05) is 35.6 Å². The number of hydrogen-bond acceptors (Lipinski definition) is 3. The van der Waals surface area contributed by atoms with Crippen LogP contribution in [0.15, 0.2) is 15.9 Å². The molecule has 0 radical (unpaired) electrons. The van der Waals surface area contributed by atoms with Gasteiger partial charge in [0.25, 0.3) is 0 Å². The lowest BCUT2D eigenvalue weighted by Gasteiger charge is -2.53. The minimum absolute atomic E-state index is 0.322. The Hall–Kier alpha value is 0.1000. The van der Waals surface area contributed by atoms with Gasteiger partial charge in [-0.15, -0.1) is 11.3 Å². The number of hydrogen-bond donors (Lipinski definition) is 1. The largest absolute Gasteiger partial charge is 0.308 e. The summed E-state index contributed by atoms with van der Waals surface area (Å²) in [6, 6.07) is 4.48. The highest BCUT2D eigenvalue weighted by molar-refractivity contribution is 9.11. The summed E-state index contributed by atoms with van der Waals surface area (Å²) in [4.78, 5) is 4.32. The molecule has 1 aromatic rings. The molecule has 118 valence electrons. The van der Waals surface area contributed by atoms with Crippen LogP contribution in [0.25, 0.3) is 0 Å². The number of halogens is 1. The highest BCUT2D eigenvalue weighted by atomic mass is 79.9. The second-order valence-electron chi connectivity index (χ2n) is 6.83. The standard InChI is InChI=1S/C17H27BrN2S/c1-3-16(4-2)13-20(11-14-7-8-15(18)21-14)17(12-19-16)9-5-6-10-17/h7-8,19H,3-6,9-13H2,1-2H3. The van der Waals surface area contributed by atoms with Crippen molar-refractivity contribution >= 4 is 27.3 Å². The molecule has 1 saturated heterocycles. The Balaban J connectivity index is 1.82. The van der Waals surface area contributed by atoms with E-state index in [1.807, 2.05) is 11.3 Å². The molecular weight excluding hydrogens is 344 g/mol. The summed E-state index contributed by atoms with van der Waals surface area (Å²) in [6.45, 7) is 8.18. The van der Waals surface area contributed by atoms with Crippen molar-refractivity contribution in [1.82, 2.24) is 10.2 Å². The molecule has 2 heterocycles. The van der Waals surface area contributed by atoms with Gasteiger partial charge in [-0.25, -0.2) is 0 Å². The van der Waals surface area contributed by atoms with Crippen molar-refractivity contribution in [3.8, 4) is 0 Å². The Kier molecular flexibility index (Phi) is 4.80. The maximum Gasteiger partial charge on any atom is 0.0701 e. The van der Waals surface area contributed by atoms with Crippen LogP contribution in [-0.4, -0.2) is 29.1 Å². The molecule has 1 saturated carbocycles. The lowest BCUT2D eigenvalue weighted by atomic mass is 9.82. The van der Waals surface area contributed by atoms with E-state index in [9.17, 15) is 0 Å². The fraction of sp³-hybridized carbons (Fsp3) is 0.765. The Morgan fingerprint density at radius 1 is 1.24 bits per heavy atom. The summed E-state index contributed by atoms with van der Waals surface area (Å²) in [5, 5.41) is 3.94. The van der Waals surface area contributed by atoms with Crippen molar-refractivity contribution in [2.45, 2.75) is 70.0 Å². The van der Waals surface area contributed by atoms with Crippen molar-refractivity contribution in [3.63, 3.8) is 0 Å². The average molecular weight is 371 g/mol. The van der Waals surface area contributed by atoms with Crippen molar-refractivity contribution in [2.24, 2.45) is 0 Å². The predicted molar refractivity (Wildman–Crippen MR) is 94.9 cm³/mol. The van der Waals surface area contributed by atoms with E-state index in [1.165, 1.54) is 60.3 Å². The second kappa shape index (κ2) is 6.31. The predicted octanol–water partition coefficient (Wildman–Crippen LogP) is 4.79. The molecule has 1 aromatic heterocycles. The number of thiophene rings is 1. The lowest BCUT2D eigenvalue weighted by Crippen LogP contribution is -2.68. The Bertz CT molecular complexity index is 475. The Labute approximate surface area is 141 Å². The lowest BCUT2D eigenvalue weighted by molar-refractivity contribution is -0.00141. The van der Waals surface area contributed by atoms with Crippen LogP contribution in [0, 0.1) is 0 Å². The molecule has 1 aliphatic heterocycles. The highest BCUT2D eigenvalue weighted by Crippen LogP contribution is 2.41. The van der Waals surface area contributed by atoms with Crippen LogP contribution in [0.1, 0.15) is 57.2 Å². The number of nitrogens with zero attached hydrogens (tertiary/aromatic N) is 1. The van der Waals surface area contributed by atoms with Gasteiger partial charge in [-0.1, -0.05) is 26.7 Å². The fourth-order valence-electron chi connectivity index (χ4n) is 4.15. The zero-order chi connectivity index (χ0) is 14.9. The van der Waals surface area contributed by atoms with Crippen LogP contribution >= 0.6 is 27.3 Å². The molecule has 2 nitrogen and oxygen atoms in total.